The summed E-state index contributed by atoms with van der Waals surface area (Å²) in [7, 11) is 1.60. The molecule has 39 nitrogen and oxygen atoms in total. The summed E-state index contributed by atoms with van der Waals surface area (Å²) in [4.78, 5) is 15.3. The van der Waals surface area contributed by atoms with Gasteiger partial charge in [0.2, 0.25) is 0 Å². The average molecular weight is 1580 g/mol. The first-order chi connectivity index (χ1) is 51.7. The van der Waals surface area contributed by atoms with Gasteiger partial charge in [0.25, 0.3) is 0 Å². The highest BCUT2D eigenvalue weighted by molar-refractivity contribution is 5.87. The van der Waals surface area contributed by atoms with Crippen LogP contribution in [0.1, 0.15) is 92.4 Å². The van der Waals surface area contributed by atoms with Gasteiger partial charge in [-0.2, -0.15) is 0 Å². The third-order valence-electron chi connectivity index (χ3n) is 26.6. The van der Waals surface area contributed by atoms with E-state index in [0.717, 1.165) is 6.42 Å². The number of hydrogen-bond donors (Lipinski definition) is 22. The van der Waals surface area contributed by atoms with Crippen molar-refractivity contribution >= 4 is 5.78 Å². The monoisotopic (exact) mass is 1580 g/mol. The average Bonchev–Trinajstić information content (AvgIpc) is 1.53. The van der Waals surface area contributed by atoms with E-state index < -0.39 is 277 Å². The summed E-state index contributed by atoms with van der Waals surface area (Å²) >= 11 is 0. The molecule has 0 amide bonds. The number of carbonyl (C=O) groups is 1. The Kier molecular flexibility index (Phi) is 27.8. The molecule has 12 fully saturated rings. The van der Waals surface area contributed by atoms with E-state index in [1.165, 1.54) is 6.92 Å². The van der Waals surface area contributed by atoms with Crippen LogP contribution in [0, 0.1) is 52.3 Å². The maximum atomic E-state index is 15.3. The minimum atomic E-state index is -2.24. The second kappa shape index (κ2) is 35.0. The van der Waals surface area contributed by atoms with Gasteiger partial charge in [0, 0.05) is 37.2 Å². The SMILES string of the molecule is COC1(CCC(C)COC2OC(CO)C(O)C(O)C2O)OC2CC3C4CCC5CC(OC6OC(CO)C(OC7OC(CO)C(O)C(OC8OC(CO)C(OC9OC(C)C(O)C(O)C9O)C(O)C8O)C7O)C(O)C6OC6OC(CO)C(O)C(OC7OC(CO)C(O)C(O)C7O)C6O)CCC5(C)C4CC(=O)C3(C)C2C1C. The first-order valence-corrected chi connectivity index (χ1v) is 38.1. The molecule has 0 aromatic rings. The number of aliphatic hydroxyl groups excluding tert-OH is 22. The van der Waals surface area contributed by atoms with Crippen molar-refractivity contribution in [3.05, 3.63) is 0 Å². The zero-order valence-electron chi connectivity index (χ0n) is 61.5. The number of ketones is 1. The second-order valence-electron chi connectivity index (χ2n) is 32.7. The van der Waals surface area contributed by atoms with E-state index in [0.29, 0.717) is 51.4 Å². The predicted molar refractivity (Wildman–Crippen MR) is 353 cm³/mol. The molecular formula is C70H116O39. The molecule has 8 aliphatic heterocycles. The van der Waals surface area contributed by atoms with E-state index >= 15 is 4.79 Å². The first kappa shape index (κ1) is 86.5. The number of rotatable bonds is 25. The molecule has 12 aliphatic rings. The van der Waals surface area contributed by atoms with Crippen LogP contribution in [0.5, 0.6) is 0 Å². The van der Waals surface area contributed by atoms with Gasteiger partial charge in [0.1, 0.15) is 171 Å². The molecule has 8 heterocycles. The van der Waals surface area contributed by atoms with Crippen LogP contribution in [0.2, 0.25) is 0 Å². The Morgan fingerprint density at radius 1 is 0.440 bits per heavy atom. The fourth-order valence-corrected chi connectivity index (χ4v) is 20.0. The Morgan fingerprint density at radius 2 is 0.881 bits per heavy atom. The van der Waals surface area contributed by atoms with Crippen molar-refractivity contribution in [1.29, 1.82) is 0 Å². The molecule has 0 radical (unpaired) electrons. The molecule has 0 spiro atoms. The standard InChI is InChI=1S/C70H116O39/c1-23(22-95-61-49(87)46(84)41(79)32(16-71)98-61)9-12-70(94-6)24(2)39-31(109-70)14-30-28-8-7-26-13-27(10-11-68(26,4)29(28)15-38(77)69(30,39)5)97-67-60(108-66-55(93)59(44(82)35(19-74)101-66)106-63-51(89)47(85)42(80)33(17-72)99-63)53(91)57(37(21-76)103-67)105-65-54(92)58(43(81)34(18-73)100-65)107-64-52(90)48(86)56(36(20-75)102-64)104-62-50(88)45(83)40(78)25(3)96-62/h23-37,39-67,71-76,78-93H,7-22H2,1-6H3. The zero-order chi connectivity index (χ0) is 79.1. The number of ether oxygens (including phenoxy) is 16. The van der Waals surface area contributed by atoms with Crippen LogP contribution in [0.4, 0.5) is 0 Å². The molecule has 12 rings (SSSR count). The van der Waals surface area contributed by atoms with E-state index in [9.17, 15) is 112 Å². The van der Waals surface area contributed by atoms with Crippen LogP contribution in [0.3, 0.4) is 0 Å². The third kappa shape index (κ3) is 16.0. The predicted octanol–water partition coefficient (Wildman–Crippen LogP) is -9.62. The van der Waals surface area contributed by atoms with Gasteiger partial charge in [0.05, 0.1) is 64.6 Å². The minimum Gasteiger partial charge on any atom is -0.394 e. The van der Waals surface area contributed by atoms with E-state index in [4.69, 9.17) is 75.8 Å². The quantitative estimate of drug-likeness (QED) is 0.0378. The molecule has 0 aromatic carbocycles. The fourth-order valence-electron chi connectivity index (χ4n) is 20.0. The molecule has 0 aromatic heterocycles. The van der Waals surface area contributed by atoms with Gasteiger partial charge in [-0.1, -0.05) is 27.7 Å². The third-order valence-corrected chi connectivity index (χ3v) is 26.6. The Labute approximate surface area is 627 Å². The number of Topliss-reactive ketones (excluding diaryl/α,β-unsaturated/α-hetero) is 1. The number of fused-ring (bicyclic) bond motifs is 7. The van der Waals surface area contributed by atoms with Crippen molar-refractivity contribution in [1.82, 2.24) is 0 Å². The lowest BCUT2D eigenvalue weighted by Gasteiger charge is -2.60. The molecular weight excluding hydrogens is 1460 g/mol. The first-order valence-electron chi connectivity index (χ1n) is 38.1. The Bertz CT molecular complexity index is 2930. The molecule has 8 saturated heterocycles. The van der Waals surface area contributed by atoms with E-state index in [-0.39, 0.29) is 59.9 Å². The molecule has 4 aliphatic carbocycles. The molecule has 22 N–H and O–H groups in total. The number of hydrogen-bond acceptors (Lipinski definition) is 39. The van der Waals surface area contributed by atoms with Crippen LogP contribution in [-0.2, 0) is 80.6 Å². The molecule has 47 atom stereocenters. The van der Waals surface area contributed by atoms with E-state index in [2.05, 4.69) is 20.8 Å². The molecule has 109 heavy (non-hydrogen) atoms. The fraction of sp³-hybridized carbons (Fsp3) is 0.986. The van der Waals surface area contributed by atoms with Crippen LogP contribution >= 0.6 is 0 Å². The molecule has 630 valence electrons. The minimum absolute atomic E-state index is 0.0334. The van der Waals surface area contributed by atoms with Gasteiger partial charge in [0.15, 0.2) is 49.8 Å². The zero-order valence-corrected chi connectivity index (χ0v) is 61.5. The Hall–Kier alpha value is -1.85. The van der Waals surface area contributed by atoms with Gasteiger partial charge in [-0.25, -0.2) is 0 Å². The maximum absolute atomic E-state index is 15.3. The van der Waals surface area contributed by atoms with Crippen molar-refractivity contribution in [2.45, 2.75) is 325 Å². The lowest BCUT2D eigenvalue weighted by molar-refractivity contribution is -0.405. The van der Waals surface area contributed by atoms with Gasteiger partial charge in [-0.3, -0.25) is 4.79 Å². The van der Waals surface area contributed by atoms with Gasteiger partial charge >= 0.3 is 0 Å². The lowest BCUT2D eigenvalue weighted by atomic mass is 9.44. The molecule has 47 unspecified atom stereocenters. The van der Waals surface area contributed by atoms with Crippen molar-refractivity contribution in [3.8, 4) is 0 Å². The van der Waals surface area contributed by atoms with Crippen LogP contribution in [0.25, 0.3) is 0 Å². The highest BCUT2D eigenvalue weighted by Crippen LogP contribution is 2.70. The highest BCUT2D eigenvalue weighted by atomic mass is 16.8. The smallest absolute Gasteiger partial charge is 0.187 e. The number of methoxy groups -OCH3 is 1. The molecule has 4 saturated carbocycles. The van der Waals surface area contributed by atoms with Crippen molar-refractivity contribution in [2.24, 2.45) is 52.3 Å². The summed E-state index contributed by atoms with van der Waals surface area (Å²) in [6, 6.07) is 0. The topological polar surface area (TPSA) is 610 Å². The summed E-state index contributed by atoms with van der Waals surface area (Å²) in [6.07, 6.45) is -60.2. The number of carbonyl (C=O) groups excluding carboxylic acids is 1. The van der Waals surface area contributed by atoms with E-state index in [1.807, 2.05) is 6.92 Å². The van der Waals surface area contributed by atoms with Crippen LogP contribution in [-0.4, -0.2) is 404 Å². The summed E-state index contributed by atoms with van der Waals surface area (Å²) in [6.45, 7) is 4.27. The van der Waals surface area contributed by atoms with Gasteiger partial charge in [-0.05, 0) is 86.9 Å². The summed E-state index contributed by atoms with van der Waals surface area (Å²) < 4.78 is 96.8. The summed E-state index contributed by atoms with van der Waals surface area (Å²) in [5, 5.41) is 240. The van der Waals surface area contributed by atoms with Crippen LogP contribution in [0.15, 0.2) is 0 Å². The van der Waals surface area contributed by atoms with Gasteiger partial charge < -0.3 is 188 Å². The Morgan fingerprint density at radius 3 is 1.41 bits per heavy atom. The number of aliphatic hydroxyl groups is 22. The maximum Gasteiger partial charge on any atom is 0.187 e. The van der Waals surface area contributed by atoms with Gasteiger partial charge in [-0.15, -0.1) is 0 Å². The van der Waals surface area contributed by atoms with E-state index in [1.54, 1.807) is 7.11 Å². The molecule has 0 bridgehead atoms. The van der Waals surface area contributed by atoms with Crippen molar-refractivity contribution in [3.63, 3.8) is 0 Å². The second-order valence-corrected chi connectivity index (χ2v) is 32.7. The largest absolute Gasteiger partial charge is 0.394 e. The van der Waals surface area contributed by atoms with Crippen LogP contribution < -0.4 is 0 Å². The molecule has 39 heteroatoms. The lowest BCUT2D eigenvalue weighted by Crippen LogP contribution is -2.68. The Balaban J connectivity index is 0.748. The highest BCUT2D eigenvalue weighted by Gasteiger charge is 2.72. The summed E-state index contributed by atoms with van der Waals surface area (Å²) in [5.74, 6) is -1.48. The normalized spacial score (nSPS) is 54.7. The summed E-state index contributed by atoms with van der Waals surface area (Å²) in [5.41, 5.74) is -1.17. The van der Waals surface area contributed by atoms with Crippen molar-refractivity contribution < 1.29 is 193 Å². The van der Waals surface area contributed by atoms with Crippen molar-refractivity contribution in [2.75, 3.05) is 53.4 Å².